The van der Waals surface area contributed by atoms with Crippen LogP contribution in [0, 0.1) is 0 Å². The van der Waals surface area contributed by atoms with E-state index in [1.807, 2.05) is 48.5 Å². The second kappa shape index (κ2) is 9.04. The fourth-order valence-electron chi connectivity index (χ4n) is 3.46. The van der Waals surface area contributed by atoms with Gasteiger partial charge in [0, 0.05) is 37.6 Å². The smallest absolute Gasteiger partial charge is 0.313 e. The summed E-state index contributed by atoms with van der Waals surface area (Å²) in [7, 11) is 2.12. The fourth-order valence-corrected chi connectivity index (χ4v) is 3.46. The molecule has 0 bridgehead atoms. The standard InChI is InChI=1S/C22H26N4O4/c1-25-10-12-26(13-11-25)17-8-6-16(7-9-17)24-22(28)21(27)23-14-18-15-29-19-4-2-3-5-20(19)30-18/h2-9,18H,10-15H2,1H3,(H,23,27)(H,24,28). The van der Waals surface area contributed by atoms with Crippen molar-refractivity contribution < 1.29 is 19.1 Å². The van der Waals surface area contributed by atoms with Crippen LogP contribution in [0.4, 0.5) is 11.4 Å². The Morgan fingerprint density at radius 3 is 2.40 bits per heavy atom. The van der Waals surface area contributed by atoms with E-state index in [1.165, 1.54) is 0 Å². The molecule has 2 heterocycles. The van der Waals surface area contributed by atoms with E-state index in [4.69, 9.17) is 9.47 Å². The second-order valence-corrected chi connectivity index (χ2v) is 7.50. The first kappa shape index (κ1) is 20.0. The largest absolute Gasteiger partial charge is 0.486 e. The van der Waals surface area contributed by atoms with Crippen molar-refractivity contribution in [2.45, 2.75) is 6.10 Å². The Kier molecular flexibility index (Phi) is 6.04. The van der Waals surface area contributed by atoms with Crippen LogP contribution in [0.15, 0.2) is 48.5 Å². The number of ether oxygens (including phenoxy) is 2. The second-order valence-electron chi connectivity index (χ2n) is 7.50. The highest BCUT2D eigenvalue weighted by molar-refractivity contribution is 6.39. The molecule has 2 N–H and O–H groups in total. The molecule has 0 spiro atoms. The minimum absolute atomic E-state index is 0.183. The fraction of sp³-hybridized carbons (Fsp3) is 0.364. The number of carbonyl (C=O) groups excluding carboxylic acids is 2. The van der Waals surface area contributed by atoms with Crippen LogP contribution in [0.25, 0.3) is 0 Å². The minimum Gasteiger partial charge on any atom is -0.486 e. The molecule has 1 saturated heterocycles. The first-order valence-corrected chi connectivity index (χ1v) is 10.1. The van der Waals surface area contributed by atoms with Crippen LogP contribution in [0.1, 0.15) is 0 Å². The number of para-hydroxylation sites is 2. The quantitative estimate of drug-likeness (QED) is 0.740. The minimum atomic E-state index is -0.709. The number of fused-ring (bicyclic) bond motifs is 1. The van der Waals surface area contributed by atoms with Crippen LogP contribution in [0.3, 0.4) is 0 Å². The van der Waals surface area contributed by atoms with Gasteiger partial charge in [0.05, 0.1) is 6.54 Å². The summed E-state index contributed by atoms with van der Waals surface area (Å²) in [5, 5.41) is 5.23. The van der Waals surface area contributed by atoms with Crippen molar-refractivity contribution in [3.63, 3.8) is 0 Å². The molecule has 4 rings (SSSR count). The van der Waals surface area contributed by atoms with E-state index in [-0.39, 0.29) is 12.6 Å². The first-order chi connectivity index (χ1) is 14.6. The molecule has 2 aliphatic rings. The van der Waals surface area contributed by atoms with E-state index < -0.39 is 11.8 Å². The summed E-state index contributed by atoms with van der Waals surface area (Å²) in [4.78, 5) is 29.0. The number of rotatable bonds is 4. The normalized spacial score (nSPS) is 18.6. The molecule has 1 fully saturated rings. The summed E-state index contributed by atoms with van der Waals surface area (Å²) < 4.78 is 11.4. The Balaban J connectivity index is 1.24. The summed E-state index contributed by atoms with van der Waals surface area (Å²) in [5.41, 5.74) is 1.69. The third kappa shape index (κ3) is 4.83. The number of hydrogen-bond donors (Lipinski definition) is 2. The summed E-state index contributed by atoms with van der Waals surface area (Å²) in [5.74, 6) is -0.106. The van der Waals surface area contributed by atoms with Gasteiger partial charge in [-0.05, 0) is 43.4 Å². The van der Waals surface area contributed by atoms with E-state index >= 15 is 0 Å². The highest BCUT2D eigenvalue weighted by Crippen LogP contribution is 2.30. The average molecular weight is 410 g/mol. The van der Waals surface area contributed by atoms with E-state index in [0.29, 0.717) is 23.8 Å². The van der Waals surface area contributed by atoms with E-state index in [0.717, 1.165) is 31.9 Å². The van der Waals surface area contributed by atoms with Crippen LogP contribution in [-0.2, 0) is 9.59 Å². The lowest BCUT2D eigenvalue weighted by Crippen LogP contribution is -2.44. The number of nitrogens with one attached hydrogen (secondary N) is 2. The number of amides is 2. The number of benzene rings is 2. The van der Waals surface area contributed by atoms with Crippen LogP contribution < -0.4 is 25.0 Å². The maximum absolute atomic E-state index is 12.2. The van der Waals surface area contributed by atoms with Crippen molar-refractivity contribution >= 4 is 23.2 Å². The molecule has 8 nitrogen and oxygen atoms in total. The van der Waals surface area contributed by atoms with Crippen LogP contribution in [0.5, 0.6) is 11.5 Å². The molecule has 1 atom stereocenters. The molecular weight excluding hydrogens is 384 g/mol. The molecule has 2 aliphatic heterocycles. The number of carbonyl (C=O) groups is 2. The number of nitrogens with zero attached hydrogens (tertiary/aromatic N) is 2. The van der Waals surface area contributed by atoms with Crippen LogP contribution in [-0.4, -0.2) is 69.2 Å². The zero-order valence-electron chi connectivity index (χ0n) is 17.0. The van der Waals surface area contributed by atoms with Gasteiger partial charge in [0.2, 0.25) is 0 Å². The number of likely N-dealkylation sites (N-methyl/N-ethyl adjacent to an activating group) is 1. The van der Waals surface area contributed by atoms with E-state index in [9.17, 15) is 9.59 Å². The van der Waals surface area contributed by atoms with Crippen molar-refractivity contribution in [3.8, 4) is 11.5 Å². The SMILES string of the molecule is CN1CCN(c2ccc(NC(=O)C(=O)NCC3COc4ccccc4O3)cc2)CC1. The van der Waals surface area contributed by atoms with Gasteiger partial charge < -0.3 is 29.9 Å². The third-order valence-corrected chi connectivity index (χ3v) is 5.26. The summed E-state index contributed by atoms with van der Waals surface area (Å²) in [6, 6.07) is 14.9. The molecule has 158 valence electrons. The highest BCUT2D eigenvalue weighted by atomic mass is 16.6. The molecule has 0 saturated carbocycles. The Hall–Kier alpha value is -3.26. The van der Waals surface area contributed by atoms with E-state index in [1.54, 1.807) is 0 Å². The molecule has 0 aliphatic carbocycles. The number of hydrogen-bond acceptors (Lipinski definition) is 6. The Labute approximate surface area is 175 Å². The monoisotopic (exact) mass is 410 g/mol. The topological polar surface area (TPSA) is 83.1 Å². The van der Waals surface area contributed by atoms with Crippen molar-refractivity contribution in [2.24, 2.45) is 0 Å². The maximum atomic E-state index is 12.2. The summed E-state index contributed by atoms with van der Waals surface area (Å²) in [6.07, 6.45) is -0.348. The van der Waals surface area contributed by atoms with Crippen molar-refractivity contribution in [1.82, 2.24) is 10.2 Å². The van der Waals surface area contributed by atoms with Crippen LogP contribution in [0.2, 0.25) is 0 Å². The maximum Gasteiger partial charge on any atom is 0.313 e. The molecule has 8 heteroatoms. The van der Waals surface area contributed by atoms with Crippen molar-refractivity contribution in [2.75, 3.05) is 56.6 Å². The average Bonchev–Trinajstić information content (AvgIpc) is 2.78. The van der Waals surface area contributed by atoms with Gasteiger partial charge in [0.25, 0.3) is 0 Å². The Morgan fingerprint density at radius 1 is 0.967 bits per heavy atom. The van der Waals surface area contributed by atoms with Gasteiger partial charge in [-0.25, -0.2) is 0 Å². The lowest BCUT2D eigenvalue weighted by atomic mass is 10.2. The predicted molar refractivity (Wildman–Crippen MR) is 114 cm³/mol. The third-order valence-electron chi connectivity index (χ3n) is 5.26. The Morgan fingerprint density at radius 2 is 1.67 bits per heavy atom. The summed E-state index contributed by atoms with van der Waals surface area (Å²) >= 11 is 0. The molecule has 2 amide bonds. The lowest BCUT2D eigenvalue weighted by molar-refractivity contribution is -0.136. The lowest BCUT2D eigenvalue weighted by Gasteiger charge is -2.34. The molecule has 2 aromatic rings. The summed E-state index contributed by atoms with van der Waals surface area (Å²) in [6.45, 7) is 4.50. The van der Waals surface area contributed by atoms with Gasteiger partial charge in [-0.2, -0.15) is 0 Å². The Bertz CT molecular complexity index is 894. The van der Waals surface area contributed by atoms with Crippen molar-refractivity contribution in [1.29, 1.82) is 0 Å². The van der Waals surface area contributed by atoms with Crippen LogP contribution >= 0.6 is 0 Å². The highest BCUT2D eigenvalue weighted by Gasteiger charge is 2.23. The molecule has 0 aromatic heterocycles. The molecule has 2 aromatic carbocycles. The van der Waals surface area contributed by atoms with Crippen molar-refractivity contribution in [3.05, 3.63) is 48.5 Å². The van der Waals surface area contributed by atoms with Gasteiger partial charge in [-0.3, -0.25) is 9.59 Å². The van der Waals surface area contributed by atoms with Gasteiger partial charge >= 0.3 is 11.8 Å². The molecule has 30 heavy (non-hydrogen) atoms. The van der Waals surface area contributed by atoms with E-state index in [2.05, 4.69) is 27.5 Å². The van der Waals surface area contributed by atoms with Gasteiger partial charge in [0.1, 0.15) is 12.7 Å². The van der Waals surface area contributed by atoms with Gasteiger partial charge in [-0.15, -0.1) is 0 Å². The van der Waals surface area contributed by atoms with Gasteiger partial charge in [0.15, 0.2) is 11.5 Å². The molecular formula is C22H26N4O4. The van der Waals surface area contributed by atoms with Gasteiger partial charge in [-0.1, -0.05) is 12.1 Å². The number of anilines is 2. The zero-order valence-corrected chi connectivity index (χ0v) is 17.0. The number of piperazine rings is 1. The molecule has 0 radical (unpaired) electrons. The first-order valence-electron chi connectivity index (χ1n) is 10.1. The molecule has 1 unspecified atom stereocenters. The zero-order chi connectivity index (χ0) is 20.9. The predicted octanol–water partition coefficient (Wildman–Crippen LogP) is 1.33.